The van der Waals surface area contributed by atoms with E-state index in [1.165, 1.54) is 0 Å². The number of benzene rings is 1. The molecule has 23 heavy (non-hydrogen) atoms. The van der Waals surface area contributed by atoms with Crippen LogP contribution < -0.4 is 20.1 Å². The van der Waals surface area contributed by atoms with Crippen molar-refractivity contribution in [2.45, 2.75) is 26.2 Å². The topological polar surface area (TPSA) is 89.1 Å². The molecule has 0 fully saturated rings. The summed E-state index contributed by atoms with van der Waals surface area (Å²) in [7, 11) is 0. The van der Waals surface area contributed by atoms with Crippen molar-refractivity contribution in [2.75, 3.05) is 19.8 Å². The van der Waals surface area contributed by atoms with Crippen LogP contribution in [0.4, 0.5) is 0 Å². The second-order valence-corrected chi connectivity index (χ2v) is 5.31. The summed E-state index contributed by atoms with van der Waals surface area (Å²) in [6, 6.07) is 4.96. The van der Waals surface area contributed by atoms with Gasteiger partial charge in [0.1, 0.15) is 13.2 Å². The molecule has 7 heteroatoms. The number of aliphatic hydroxyl groups is 1. The molecule has 2 heterocycles. The summed E-state index contributed by atoms with van der Waals surface area (Å²) in [5.74, 6) is 0.883. The predicted octanol–water partition coefficient (Wildman–Crippen LogP) is 0.805. The number of carbonyl (C=O) groups excluding carboxylic acids is 1. The molecule has 0 aromatic heterocycles. The van der Waals surface area contributed by atoms with Gasteiger partial charge in [0.15, 0.2) is 17.9 Å². The highest BCUT2D eigenvalue weighted by molar-refractivity contribution is 5.91. The number of rotatable bonds is 3. The molecule has 0 bridgehead atoms. The van der Waals surface area contributed by atoms with Gasteiger partial charge in [0, 0.05) is 5.70 Å². The lowest BCUT2D eigenvalue weighted by molar-refractivity contribution is -0.139. The van der Waals surface area contributed by atoms with Gasteiger partial charge >= 0.3 is 5.97 Å². The maximum Gasteiger partial charge on any atom is 0.337 e. The first kappa shape index (κ1) is 15.6. The maximum absolute atomic E-state index is 12.3. The van der Waals surface area contributed by atoms with Crippen LogP contribution >= 0.6 is 0 Å². The molecule has 1 aromatic carbocycles. The Hall–Kier alpha value is -2.25. The molecule has 2 aliphatic heterocycles. The van der Waals surface area contributed by atoms with Crippen LogP contribution in [0.1, 0.15) is 25.5 Å². The average molecular weight is 320 g/mol. The highest BCUT2D eigenvalue weighted by Crippen LogP contribution is 2.36. The number of ether oxygens (including phenoxy) is 3. The van der Waals surface area contributed by atoms with Gasteiger partial charge in [0.25, 0.3) is 0 Å². The molecule has 0 aliphatic carbocycles. The fraction of sp³-hybridized carbons (Fsp3) is 0.438. The molecular formula is C16H20N2O5. The van der Waals surface area contributed by atoms with E-state index < -0.39 is 18.4 Å². The summed E-state index contributed by atoms with van der Waals surface area (Å²) in [6.07, 6.45) is -0.952. The van der Waals surface area contributed by atoms with E-state index in [1.807, 2.05) is 12.1 Å². The SMILES string of the molecule is CCOC(=O)C1=C(C)NC(O)NC1c1ccc2c(c1)OCCO2. The van der Waals surface area contributed by atoms with E-state index in [0.29, 0.717) is 36.0 Å². The summed E-state index contributed by atoms with van der Waals surface area (Å²) < 4.78 is 16.2. The second kappa shape index (κ2) is 6.47. The lowest BCUT2D eigenvalue weighted by Gasteiger charge is -2.32. The van der Waals surface area contributed by atoms with E-state index in [0.717, 1.165) is 5.56 Å². The molecule has 0 saturated heterocycles. The van der Waals surface area contributed by atoms with Gasteiger partial charge in [-0.25, -0.2) is 4.79 Å². The van der Waals surface area contributed by atoms with Crippen molar-refractivity contribution in [3.8, 4) is 11.5 Å². The fourth-order valence-corrected chi connectivity index (χ4v) is 2.76. The molecule has 7 nitrogen and oxygen atoms in total. The van der Waals surface area contributed by atoms with Gasteiger partial charge in [-0.3, -0.25) is 5.32 Å². The molecule has 0 radical (unpaired) electrons. The van der Waals surface area contributed by atoms with Crippen molar-refractivity contribution < 1.29 is 24.1 Å². The molecule has 1 aromatic rings. The Morgan fingerprint density at radius 1 is 1.35 bits per heavy atom. The van der Waals surface area contributed by atoms with E-state index in [2.05, 4.69) is 10.6 Å². The van der Waals surface area contributed by atoms with Gasteiger partial charge in [-0.05, 0) is 31.5 Å². The maximum atomic E-state index is 12.3. The summed E-state index contributed by atoms with van der Waals surface area (Å²) in [6.45, 7) is 4.78. The number of hydrogen-bond acceptors (Lipinski definition) is 7. The number of fused-ring (bicyclic) bond motifs is 1. The number of nitrogens with one attached hydrogen (secondary N) is 2. The Morgan fingerprint density at radius 2 is 2.09 bits per heavy atom. The van der Waals surface area contributed by atoms with Gasteiger partial charge in [-0.15, -0.1) is 0 Å². The van der Waals surface area contributed by atoms with Crippen molar-refractivity contribution in [3.05, 3.63) is 35.0 Å². The standard InChI is InChI=1S/C16H20N2O5/c1-3-21-15(19)13-9(2)17-16(20)18-14(13)10-4-5-11-12(8-10)23-7-6-22-11/h4-5,8,14,16-18,20H,3,6-7H2,1-2H3. The monoisotopic (exact) mass is 320 g/mol. The average Bonchev–Trinajstić information content (AvgIpc) is 2.53. The van der Waals surface area contributed by atoms with Crippen LogP contribution in [0.2, 0.25) is 0 Å². The number of aliphatic hydroxyl groups excluding tert-OH is 1. The van der Waals surface area contributed by atoms with Crippen molar-refractivity contribution in [2.24, 2.45) is 0 Å². The van der Waals surface area contributed by atoms with E-state index in [9.17, 15) is 9.90 Å². The molecule has 2 unspecified atom stereocenters. The largest absolute Gasteiger partial charge is 0.486 e. The molecule has 0 spiro atoms. The first-order valence-electron chi connectivity index (χ1n) is 7.58. The number of esters is 1. The molecule has 2 aliphatic rings. The van der Waals surface area contributed by atoms with Crippen molar-refractivity contribution in [3.63, 3.8) is 0 Å². The third kappa shape index (κ3) is 3.11. The highest BCUT2D eigenvalue weighted by Gasteiger charge is 2.32. The van der Waals surface area contributed by atoms with Crippen molar-refractivity contribution in [1.29, 1.82) is 0 Å². The van der Waals surface area contributed by atoms with Crippen LogP contribution in [0.3, 0.4) is 0 Å². The minimum atomic E-state index is -0.952. The van der Waals surface area contributed by atoms with Gasteiger partial charge < -0.3 is 24.6 Å². The highest BCUT2D eigenvalue weighted by atomic mass is 16.6. The summed E-state index contributed by atoms with van der Waals surface area (Å²) >= 11 is 0. The van der Waals surface area contributed by atoms with Gasteiger partial charge in [0.05, 0.1) is 18.2 Å². The van der Waals surface area contributed by atoms with E-state index in [1.54, 1.807) is 19.9 Å². The Balaban J connectivity index is 1.98. The number of hydrogen-bond donors (Lipinski definition) is 3. The molecule has 0 saturated carbocycles. The lowest BCUT2D eigenvalue weighted by atomic mass is 9.95. The summed E-state index contributed by atoms with van der Waals surface area (Å²) in [5.41, 5.74) is 1.81. The van der Waals surface area contributed by atoms with Crippen molar-refractivity contribution >= 4 is 5.97 Å². The third-order valence-electron chi connectivity index (χ3n) is 3.77. The van der Waals surface area contributed by atoms with Crippen LogP contribution in [-0.4, -0.2) is 37.2 Å². The second-order valence-electron chi connectivity index (χ2n) is 5.31. The van der Waals surface area contributed by atoms with Gasteiger partial charge in [0.2, 0.25) is 0 Å². The minimum absolute atomic E-state index is 0.284. The van der Waals surface area contributed by atoms with Crippen molar-refractivity contribution in [1.82, 2.24) is 10.6 Å². The van der Waals surface area contributed by atoms with Crippen LogP contribution in [0.15, 0.2) is 29.5 Å². The summed E-state index contributed by atoms with van der Waals surface area (Å²) in [5, 5.41) is 15.7. The molecule has 2 atom stereocenters. The first-order valence-corrected chi connectivity index (χ1v) is 7.58. The quantitative estimate of drug-likeness (QED) is 0.710. The Kier molecular flexibility index (Phi) is 4.40. The van der Waals surface area contributed by atoms with E-state index in [-0.39, 0.29) is 6.61 Å². The zero-order valence-corrected chi connectivity index (χ0v) is 13.1. The minimum Gasteiger partial charge on any atom is -0.486 e. The Morgan fingerprint density at radius 3 is 2.83 bits per heavy atom. The van der Waals surface area contributed by atoms with Gasteiger partial charge in [-0.2, -0.15) is 0 Å². The number of allylic oxidation sites excluding steroid dienone is 1. The zero-order chi connectivity index (χ0) is 16.4. The van der Waals surface area contributed by atoms with Crippen LogP contribution in [0.5, 0.6) is 11.5 Å². The normalized spacial score (nSPS) is 23.3. The Bertz CT molecular complexity index is 643. The van der Waals surface area contributed by atoms with E-state index in [4.69, 9.17) is 14.2 Å². The molecule has 3 rings (SSSR count). The Labute approximate surface area is 134 Å². The molecule has 0 amide bonds. The molecule has 124 valence electrons. The smallest absolute Gasteiger partial charge is 0.337 e. The zero-order valence-electron chi connectivity index (χ0n) is 13.1. The first-order chi connectivity index (χ1) is 11.1. The van der Waals surface area contributed by atoms with Crippen LogP contribution in [0, 0.1) is 0 Å². The lowest BCUT2D eigenvalue weighted by Crippen LogP contribution is -2.49. The summed E-state index contributed by atoms with van der Waals surface area (Å²) in [4.78, 5) is 12.3. The van der Waals surface area contributed by atoms with E-state index >= 15 is 0 Å². The fourth-order valence-electron chi connectivity index (χ4n) is 2.76. The third-order valence-corrected chi connectivity index (χ3v) is 3.77. The molecule has 3 N–H and O–H groups in total. The van der Waals surface area contributed by atoms with Gasteiger partial charge in [-0.1, -0.05) is 6.07 Å². The van der Waals surface area contributed by atoms with Crippen LogP contribution in [-0.2, 0) is 9.53 Å². The predicted molar refractivity (Wildman–Crippen MR) is 81.8 cm³/mol. The molecular weight excluding hydrogens is 300 g/mol. The van der Waals surface area contributed by atoms with Crippen LogP contribution in [0.25, 0.3) is 0 Å². The number of carbonyl (C=O) groups is 1.